The highest BCUT2D eigenvalue weighted by molar-refractivity contribution is 4.83. The quantitative estimate of drug-likeness (QED) is 0.776. The number of hydrogen-bond acceptors (Lipinski definition) is 3. The molecule has 1 aromatic rings. The molecule has 1 aliphatic carbocycles. The molecule has 0 atom stereocenters. The normalized spacial score (nSPS) is 27.9. The van der Waals surface area contributed by atoms with Crippen LogP contribution in [0.1, 0.15) is 44.5 Å². The molecule has 1 saturated carbocycles. The first-order chi connectivity index (χ1) is 6.79. The number of nitrogens with zero attached hydrogens (tertiary/aromatic N) is 3. The molecule has 14 heavy (non-hydrogen) atoms. The molecule has 1 aliphatic rings. The van der Waals surface area contributed by atoms with E-state index in [2.05, 4.69) is 17.0 Å². The monoisotopic (exact) mass is 194 g/mol. The van der Waals surface area contributed by atoms with Crippen LogP contribution in [-0.4, -0.2) is 14.8 Å². The van der Waals surface area contributed by atoms with Gasteiger partial charge in [0.2, 0.25) is 0 Å². The van der Waals surface area contributed by atoms with Crippen LogP contribution >= 0.6 is 0 Å². The lowest BCUT2D eigenvalue weighted by Crippen LogP contribution is -2.17. The molecule has 0 spiro atoms. The maximum absolute atomic E-state index is 5.48. The molecule has 0 aromatic carbocycles. The fraction of sp³-hybridized carbons (Fsp3) is 0.800. The van der Waals surface area contributed by atoms with Crippen molar-refractivity contribution in [1.82, 2.24) is 14.8 Å². The molecule has 0 saturated heterocycles. The average Bonchev–Trinajstić information content (AvgIpc) is 2.67. The Bertz CT molecular complexity index is 286. The van der Waals surface area contributed by atoms with Crippen LogP contribution in [0, 0.1) is 5.92 Å². The first-order valence-corrected chi connectivity index (χ1v) is 5.39. The fourth-order valence-corrected chi connectivity index (χ4v) is 2.09. The predicted octanol–water partition coefficient (Wildman–Crippen LogP) is 1.49. The maximum atomic E-state index is 5.48. The highest BCUT2D eigenvalue weighted by Gasteiger charge is 2.20. The van der Waals surface area contributed by atoms with Crippen LogP contribution in [0.4, 0.5) is 0 Å². The molecule has 0 aliphatic heterocycles. The van der Waals surface area contributed by atoms with Gasteiger partial charge in [0.25, 0.3) is 0 Å². The van der Waals surface area contributed by atoms with Gasteiger partial charge in [0.1, 0.15) is 6.33 Å². The van der Waals surface area contributed by atoms with E-state index in [1.165, 1.54) is 25.7 Å². The summed E-state index contributed by atoms with van der Waals surface area (Å²) < 4.78 is 1.99. The minimum absolute atomic E-state index is 0.441. The average molecular weight is 194 g/mol. The molecule has 1 aromatic heterocycles. The summed E-state index contributed by atoms with van der Waals surface area (Å²) >= 11 is 0. The molecule has 1 heterocycles. The van der Waals surface area contributed by atoms with Crippen molar-refractivity contribution in [2.75, 3.05) is 0 Å². The Labute approximate surface area is 84.5 Å². The lowest BCUT2D eigenvalue weighted by molar-refractivity contribution is 0.273. The summed E-state index contributed by atoms with van der Waals surface area (Å²) in [4.78, 5) is 4.16. The molecule has 1 fully saturated rings. The Hall–Kier alpha value is -0.900. The SMILES string of the molecule is CC1CCC(n2cnc(CN)n2)CC1. The molecule has 4 nitrogen and oxygen atoms in total. The molecule has 0 unspecified atom stereocenters. The highest BCUT2D eigenvalue weighted by atomic mass is 15.3. The topological polar surface area (TPSA) is 56.7 Å². The third-order valence-electron chi connectivity index (χ3n) is 3.10. The zero-order valence-electron chi connectivity index (χ0n) is 8.69. The van der Waals surface area contributed by atoms with Gasteiger partial charge in [-0.25, -0.2) is 9.67 Å². The molecule has 2 N–H and O–H groups in total. The summed E-state index contributed by atoms with van der Waals surface area (Å²) in [5.41, 5.74) is 5.48. The molecule has 4 heteroatoms. The molecular formula is C10H18N4. The molecule has 0 amide bonds. The first kappa shape index (κ1) is 9.65. The van der Waals surface area contributed by atoms with Crippen molar-refractivity contribution in [3.8, 4) is 0 Å². The van der Waals surface area contributed by atoms with E-state index in [9.17, 15) is 0 Å². The number of aromatic nitrogens is 3. The van der Waals surface area contributed by atoms with Crippen LogP contribution in [0.5, 0.6) is 0 Å². The van der Waals surface area contributed by atoms with Crippen molar-refractivity contribution in [2.45, 2.75) is 45.2 Å². The second-order valence-electron chi connectivity index (χ2n) is 4.26. The lowest BCUT2D eigenvalue weighted by atomic mass is 9.87. The summed E-state index contributed by atoms with van der Waals surface area (Å²) in [6, 6.07) is 0.555. The second kappa shape index (κ2) is 4.09. The van der Waals surface area contributed by atoms with Crippen molar-refractivity contribution in [3.63, 3.8) is 0 Å². The van der Waals surface area contributed by atoms with Gasteiger partial charge in [-0.05, 0) is 31.6 Å². The van der Waals surface area contributed by atoms with Crippen LogP contribution in [0.25, 0.3) is 0 Å². The van der Waals surface area contributed by atoms with Crippen LogP contribution in [0.15, 0.2) is 6.33 Å². The maximum Gasteiger partial charge on any atom is 0.164 e. The van der Waals surface area contributed by atoms with E-state index >= 15 is 0 Å². The lowest BCUT2D eigenvalue weighted by Gasteiger charge is -2.25. The number of rotatable bonds is 2. The summed E-state index contributed by atoms with van der Waals surface area (Å²) in [6.45, 7) is 2.76. The Kier molecular flexibility index (Phi) is 2.82. The highest BCUT2D eigenvalue weighted by Crippen LogP contribution is 2.30. The second-order valence-corrected chi connectivity index (χ2v) is 4.26. The molecule has 78 valence electrons. The van der Waals surface area contributed by atoms with Crippen LogP contribution in [-0.2, 0) is 6.54 Å². The van der Waals surface area contributed by atoms with Crippen molar-refractivity contribution >= 4 is 0 Å². The van der Waals surface area contributed by atoms with E-state index in [4.69, 9.17) is 5.73 Å². The number of hydrogen-bond donors (Lipinski definition) is 1. The minimum atomic E-state index is 0.441. The largest absolute Gasteiger partial charge is 0.324 e. The summed E-state index contributed by atoms with van der Waals surface area (Å²) in [5, 5.41) is 4.36. The fourth-order valence-electron chi connectivity index (χ4n) is 2.09. The van der Waals surface area contributed by atoms with Crippen LogP contribution in [0.3, 0.4) is 0 Å². The van der Waals surface area contributed by atoms with Gasteiger partial charge in [-0.15, -0.1) is 0 Å². The van der Waals surface area contributed by atoms with Crippen LogP contribution < -0.4 is 5.73 Å². The van der Waals surface area contributed by atoms with Gasteiger partial charge >= 0.3 is 0 Å². The van der Waals surface area contributed by atoms with E-state index in [1.54, 1.807) is 0 Å². The Morgan fingerprint density at radius 2 is 2.14 bits per heavy atom. The van der Waals surface area contributed by atoms with E-state index < -0.39 is 0 Å². The van der Waals surface area contributed by atoms with E-state index in [0.717, 1.165) is 11.7 Å². The van der Waals surface area contributed by atoms with Crippen LogP contribution in [0.2, 0.25) is 0 Å². The van der Waals surface area contributed by atoms with Gasteiger partial charge < -0.3 is 5.73 Å². The molecule has 2 rings (SSSR count). The van der Waals surface area contributed by atoms with Gasteiger partial charge in [0, 0.05) is 0 Å². The Morgan fingerprint density at radius 3 is 2.71 bits per heavy atom. The van der Waals surface area contributed by atoms with Crippen molar-refractivity contribution in [2.24, 2.45) is 11.7 Å². The van der Waals surface area contributed by atoms with E-state index in [1.807, 2.05) is 11.0 Å². The summed E-state index contributed by atoms with van der Waals surface area (Å²) in [6.07, 6.45) is 6.90. The molecule has 0 bridgehead atoms. The predicted molar refractivity (Wildman–Crippen MR) is 54.6 cm³/mol. The Morgan fingerprint density at radius 1 is 1.43 bits per heavy atom. The number of nitrogens with two attached hydrogens (primary N) is 1. The van der Waals surface area contributed by atoms with Gasteiger partial charge in [-0.2, -0.15) is 5.10 Å². The molecular weight excluding hydrogens is 176 g/mol. The van der Waals surface area contributed by atoms with E-state index in [-0.39, 0.29) is 0 Å². The van der Waals surface area contributed by atoms with Crippen molar-refractivity contribution in [1.29, 1.82) is 0 Å². The third kappa shape index (κ3) is 1.95. The minimum Gasteiger partial charge on any atom is -0.324 e. The van der Waals surface area contributed by atoms with Gasteiger partial charge in [0.15, 0.2) is 5.82 Å². The zero-order chi connectivity index (χ0) is 9.97. The third-order valence-corrected chi connectivity index (χ3v) is 3.10. The van der Waals surface area contributed by atoms with Gasteiger partial charge in [-0.3, -0.25) is 0 Å². The first-order valence-electron chi connectivity index (χ1n) is 5.39. The van der Waals surface area contributed by atoms with Crippen molar-refractivity contribution < 1.29 is 0 Å². The van der Waals surface area contributed by atoms with Crippen molar-refractivity contribution in [3.05, 3.63) is 12.2 Å². The summed E-state index contributed by atoms with van der Waals surface area (Å²) in [7, 11) is 0. The Balaban J connectivity index is 2.01. The van der Waals surface area contributed by atoms with E-state index in [0.29, 0.717) is 12.6 Å². The van der Waals surface area contributed by atoms with Gasteiger partial charge in [-0.1, -0.05) is 6.92 Å². The summed E-state index contributed by atoms with van der Waals surface area (Å²) in [5.74, 6) is 1.63. The molecule has 0 radical (unpaired) electrons. The standard InChI is InChI=1S/C10H18N4/c1-8-2-4-9(5-3-8)14-7-12-10(6-11)13-14/h7-9H,2-6,11H2,1H3. The smallest absolute Gasteiger partial charge is 0.164 e. The van der Waals surface area contributed by atoms with Gasteiger partial charge in [0.05, 0.1) is 12.6 Å². The zero-order valence-corrected chi connectivity index (χ0v) is 8.69.